The molecule has 4 rings (SSSR count). The number of aromatic nitrogens is 3. The van der Waals surface area contributed by atoms with Crippen LogP contribution in [0.2, 0.25) is 0 Å². The third kappa shape index (κ3) is 2.67. The Hall–Kier alpha value is -3.35. The highest BCUT2D eigenvalue weighted by Gasteiger charge is 2.12. The van der Waals surface area contributed by atoms with E-state index in [0.717, 1.165) is 16.3 Å². The van der Waals surface area contributed by atoms with Crippen LogP contribution in [0.1, 0.15) is 5.82 Å². The minimum atomic E-state index is 0.156. The lowest BCUT2D eigenvalue weighted by atomic mass is 10.1. The molecule has 7 heteroatoms. The molecule has 0 saturated carbocycles. The van der Waals surface area contributed by atoms with Gasteiger partial charge in [0.05, 0.1) is 18.9 Å². The van der Waals surface area contributed by atoms with Gasteiger partial charge in [0.1, 0.15) is 6.26 Å². The Morgan fingerprint density at radius 1 is 1.12 bits per heavy atom. The molecule has 0 amide bonds. The van der Waals surface area contributed by atoms with Crippen molar-refractivity contribution in [2.24, 2.45) is 0 Å². The maximum Gasteiger partial charge on any atom is 0.261 e. The van der Waals surface area contributed by atoms with Crippen LogP contribution in [0.15, 0.2) is 58.1 Å². The predicted molar refractivity (Wildman–Crippen MR) is 84.6 cm³/mol. The van der Waals surface area contributed by atoms with E-state index in [1.165, 1.54) is 6.26 Å². The summed E-state index contributed by atoms with van der Waals surface area (Å²) in [4.78, 5) is 8.38. The van der Waals surface area contributed by atoms with Crippen LogP contribution in [0, 0.1) is 0 Å². The van der Waals surface area contributed by atoms with E-state index in [2.05, 4.69) is 15.1 Å². The number of furan rings is 1. The number of pyridine rings is 1. The number of hydrogen-bond acceptors (Lipinski definition) is 7. The quantitative estimate of drug-likeness (QED) is 0.556. The molecule has 0 unspecified atom stereocenters. The van der Waals surface area contributed by atoms with Gasteiger partial charge >= 0.3 is 0 Å². The number of benzene rings is 1. The van der Waals surface area contributed by atoms with Crippen molar-refractivity contribution < 1.29 is 18.4 Å². The van der Waals surface area contributed by atoms with Gasteiger partial charge < -0.3 is 18.4 Å². The second-order valence-electron chi connectivity index (χ2n) is 5.04. The molecular weight excluding hydrogens is 310 g/mol. The van der Waals surface area contributed by atoms with Crippen LogP contribution in [0.5, 0.6) is 11.5 Å². The number of rotatable bonds is 5. The molecule has 0 radical (unpaired) electrons. The van der Waals surface area contributed by atoms with Crippen molar-refractivity contribution in [3.05, 3.63) is 55.0 Å². The van der Waals surface area contributed by atoms with Crippen LogP contribution in [0.4, 0.5) is 0 Å². The molecular formula is C17H13N3O4. The molecule has 0 aliphatic rings. The second-order valence-corrected chi connectivity index (χ2v) is 5.04. The van der Waals surface area contributed by atoms with Crippen LogP contribution in [0.3, 0.4) is 0 Å². The Balaban J connectivity index is 1.56. The van der Waals surface area contributed by atoms with Crippen molar-refractivity contribution in [2.45, 2.75) is 6.61 Å². The van der Waals surface area contributed by atoms with Crippen LogP contribution < -0.4 is 9.47 Å². The summed E-state index contributed by atoms with van der Waals surface area (Å²) in [7, 11) is 1.60. The molecule has 0 fully saturated rings. The molecule has 4 aromatic rings. The smallest absolute Gasteiger partial charge is 0.261 e. The molecule has 24 heavy (non-hydrogen) atoms. The summed E-state index contributed by atoms with van der Waals surface area (Å²) in [5, 5.41) is 5.88. The van der Waals surface area contributed by atoms with Crippen molar-refractivity contribution in [1.82, 2.24) is 15.1 Å². The SMILES string of the molecule is COc1cc2ccncc2cc1OCc1noc(-c2ccoc2)n1. The Labute approximate surface area is 136 Å². The van der Waals surface area contributed by atoms with E-state index >= 15 is 0 Å². The van der Waals surface area contributed by atoms with E-state index < -0.39 is 0 Å². The van der Waals surface area contributed by atoms with Crippen LogP contribution in [0.25, 0.3) is 22.2 Å². The average molecular weight is 323 g/mol. The summed E-state index contributed by atoms with van der Waals surface area (Å²) in [6, 6.07) is 7.44. The van der Waals surface area contributed by atoms with Crippen molar-refractivity contribution >= 4 is 10.8 Å². The first kappa shape index (κ1) is 14.3. The topological polar surface area (TPSA) is 83.4 Å². The Kier molecular flexibility index (Phi) is 3.59. The molecule has 0 saturated heterocycles. The van der Waals surface area contributed by atoms with E-state index in [1.807, 2.05) is 18.2 Å². The van der Waals surface area contributed by atoms with Gasteiger partial charge in [-0.05, 0) is 29.7 Å². The standard InChI is InChI=1S/C17H13N3O4/c1-21-14-6-11-2-4-18-8-13(11)7-15(14)23-10-16-19-17(24-20-16)12-3-5-22-9-12/h2-9H,10H2,1H3. The number of hydrogen-bond donors (Lipinski definition) is 0. The van der Waals surface area contributed by atoms with Gasteiger partial charge in [-0.25, -0.2) is 0 Å². The highest BCUT2D eigenvalue weighted by Crippen LogP contribution is 2.32. The fraction of sp³-hybridized carbons (Fsp3) is 0.118. The monoisotopic (exact) mass is 323 g/mol. The van der Waals surface area contributed by atoms with E-state index in [-0.39, 0.29) is 6.61 Å². The van der Waals surface area contributed by atoms with Gasteiger partial charge in [0.25, 0.3) is 5.89 Å². The second kappa shape index (κ2) is 6.04. The van der Waals surface area contributed by atoms with E-state index in [4.69, 9.17) is 18.4 Å². The lowest BCUT2D eigenvalue weighted by Gasteiger charge is -2.10. The van der Waals surface area contributed by atoms with Gasteiger partial charge in [-0.15, -0.1) is 0 Å². The lowest BCUT2D eigenvalue weighted by Crippen LogP contribution is -1.99. The van der Waals surface area contributed by atoms with Gasteiger partial charge in [0.2, 0.25) is 5.82 Å². The zero-order chi connectivity index (χ0) is 16.4. The van der Waals surface area contributed by atoms with Crippen LogP contribution >= 0.6 is 0 Å². The third-order valence-electron chi connectivity index (χ3n) is 3.52. The Morgan fingerprint density at radius 2 is 2.04 bits per heavy atom. The maximum absolute atomic E-state index is 5.79. The summed E-state index contributed by atoms with van der Waals surface area (Å²) in [6.45, 7) is 0.156. The Bertz CT molecular complexity index is 963. The molecule has 0 atom stereocenters. The first-order valence-electron chi connectivity index (χ1n) is 7.23. The first-order valence-corrected chi connectivity index (χ1v) is 7.23. The van der Waals surface area contributed by atoms with Crippen molar-refractivity contribution in [3.8, 4) is 23.0 Å². The first-order chi connectivity index (χ1) is 11.8. The number of nitrogens with zero attached hydrogens (tertiary/aromatic N) is 3. The molecule has 3 heterocycles. The number of methoxy groups -OCH3 is 1. The van der Waals surface area contributed by atoms with Crippen LogP contribution in [-0.4, -0.2) is 22.2 Å². The van der Waals surface area contributed by atoms with Crippen molar-refractivity contribution in [1.29, 1.82) is 0 Å². The van der Waals surface area contributed by atoms with Gasteiger partial charge in [-0.1, -0.05) is 5.16 Å². The molecule has 0 spiro atoms. The van der Waals surface area contributed by atoms with Crippen molar-refractivity contribution in [3.63, 3.8) is 0 Å². The number of ether oxygens (including phenoxy) is 2. The van der Waals surface area contributed by atoms with Crippen LogP contribution in [-0.2, 0) is 6.61 Å². The molecule has 3 aromatic heterocycles. The van der Waals surface area contributed by atoms with Gasteiger partial charge in [0.15, 0.2) is 18.1 Å². The van der Waals surface area contributed by atoms with E-state index in [1.54, 1.807) is 31.8 Å². The van der Waals surface area contributed by atoms with Crippen molar-refractivity contribution in [2.75, 3.05) is 7.11 Å². The van der Waals surface area contributed by atoms with E-state index in [0.29, 0.717) is 23.2 Å². The van der Waals surface area contributed by atoms with Gasteiger partial charge in [-0.2, -0.15) is 4.98 Å². The Morgan fingerprint density at radius 3 is 2.88 bits per heavy atom. The largest absolute Gasteiger partial charge is 0.493 e. The zero-order valence-electron chi connectivity index (χ0n) is 12.8. The highest BCUT2D eigenvalue weighted by atomic mass is 16.5. The molecule has 0 bridgehead atoms. The summed E-state index contributed by atoms with van der Waals surface area (Å²) in [6.07, 6.45) is 6.59. The maximum atomic E-state index is 5.79. The molecule has 1 aromatic carbocycles. The lowest BCUT2D eigenvalue weighted by molar-refractivity contribution is 0.270. The highest BCUT2D eigenvalue weighted by molar-refractivity contribution is 5.85. The normalized spacial score (nSPS) is 10.9. The molecule has 0 aliphatic carbocycles. The predicted octanol–water partition coefficient (Wildman–Crippen LogP) is 3.47. The molecule has 7 nitrogen and oxygen atoms in total. The van der Waals surface area contributed by atoms with Gasteiger partial charge in [0, 0.05) is 17.8 Å². The summed E-state index contributed by atoms with van der Waals surface area (Å²) >= 11 is 0. The summed E-state index contributed by atoms with van der Waals surface area (Å²) in [5.41, 5.74) is 0.725. The molecule has 0 aliphatic heterocycles. The summed E-state index contributed by atoms with van der Waals surface area (Å²) < 4.78 is 21.4. The summed E-state index contributed by atoms with van der Waals surface area (Å²) in [5.74, 6) is 2.04. The zero-order valence-corrected chi connectivity index (χ0v) is 12.8. The molecule has 120 valence electrons. The minimum absolute atomic E-state index is 0.156. The fourth-order valence-corrected chi connectivity index (χ4v) is 2.32. The molecule has 0 N–H and O–H groups in total. The fourth-order valence-electron chi connectivity index (χ4n) is 2.32. The number of fused-ring (bicyclic) bond motifs is 1. The minimum Gasteiger partial charge on any atom is -0.493 e. The third-order valence-corrected chi connectivity index (χ3v) is 3.52. The average Bonchev–Trinajstić information content (AvgIpc) is 3.30. The van der Waals surface area contributed by atoms with Gasteiger partial charge in [-0.3, -0.25) is 4.98 Å². The van der Waals surface area contributed by atoms with E-state index in [9.17, 15) is 0 Å².